The molecule has 2 aromatic heterocycles. The molecule has 106 valence electrons. The molecule has 0 aliphatic carbocycles. The molecule has 0 spiro atoms. The van der Waals surface area contributed by atoms with Crippen LogP contribution in [-0.2, 0) is 0 Å². The molecule has 3 rings (SSSR count). The summed E-state index contributed by atoms with van der Waals surface area (Å²) in [5.74, 6) is -0.558. The van der Waals surface area contributed by atoms with Gasteiger partial charge in [-0.1, -0.05) is 6.07 Å². The third-order valence-electron chi connectivity index (χ3n) is 2.97. The third-order valence-corrected chi connectivity index (χ3v) is 2.97. The van der Waals surface area contributed by atoms with Gasteiger partial charge in [0.15, 0.2) is 0 Å². The van der Waals surface area contributed by atoms with Crippen LogP contribution in [0.2, 0.25) is 0 Å². The van der Waals surface area contributed by atoms with Crippen LogP contribution in [0.25, 0.3) is 10.8 Å². The minimum Gasteiger partial charge on any atom is -0.396 e. The van der Waals surface area contributed by atoms with E-state index in [2.05, 4.69) is 25.7 Å². The third kappa shape index (κ3) is 2.06. The maximum atomic E-state index is 12.1. The van der Waals surface area contributed by atoms with E-state index >= 15 is 0 Å². The summed E-state index contributed by atoms with van der Waals surface area (Å²) in [7, 11) is 0. The van der Waals surface area contributed by atoms with Crippen molar-refractivity contribution in [3.63, 3.8) is 0 Å². The zero-order chi connectivity index (χ0) is 15.0. The average molecular weight is 286 g/mol. The molecular weight excluding hydrogens is 276 g/mol. The number of hydrogen-bond donors (Lipinski definition) is 5. The van der Waals surface area contributed by atoms with E-state index in [-0.39, 0.29) is 27.8 Å². The van der Waals surface area contributed by atoms with Gasteiger partial charge in [0.2, 0.25) is 0 Å². The molecule has 0 fully saturated rings. The van der Waals surface area contributed by atoms with Crippen LogP contribution in [0, 0.1) is 0 Å². The smallest absolute Gasteiger partial charge is 0.275 e. The van der Waals surface area contributed by atoms with E-state index in [9.17, 15) is 14.4 Å². The monoisotopic (exact) mass is 286 g/mol. The molecule has 0 atom stereocenters. The van der Waals surface area contributed by atoms with Gasteiger partial charge in [-0.15, -0.1) is 0 Å². The number of H-pyrrole nitrogens is 3. The van der Waals surface area contributed by atoms with Crippen LogP contribution < -0.4 is 22.2 Å². The number of anilines is 2. The number of rotatable bonds is 2. The highest BCUT2D eigenvalue weighted by molar-refractivity contribution is 6.10. The standard InChI is InChI=1S/C12H10N6O3/c13-6-4-14-16-9(6)12(21)15-7-3-1-2-5-8(7)11(20)18-17-10(5)19/h1-4H,13H2,(H,14,16)(H,15,21)(H,17,19)(H,18,20). The van der Waals surface area contributed by atoms with Crippen molar-refractivity contribution in [3.8, 4) is 0 Å². The normalized spacial score (nSPS) is 10.7. The Morgan fingerprint density at radius 2 is 1.95 bits per heavy atom. The Balaban J connectivity index is 2.12. The van der Waals surface area contributed by atoms with Gasteiger partial charge in [0, 0.05) is 0 Å². The Morgan fingerprint density at radius 3 is 2.67 bits per heavy atom. The predicted octanol–water partition coefficient (Wildman–Crippen LogP) is -0.226. The van der Waals surface area contributed by atoms with Gasteiger partial charge in [-0.25, -0.2) is 0 Å². The van der Waals surface area contributed by atoms with Gasteiger partial charge in [-0.3, -0.25) is 29.7 Å². The maximum Gasteiger partial charge on any atom is 0.275 e. The lowest BCUT2D eigenvalue weighted by molar-refractivity contribution is 0.102. The Bertz CT molecular complexity index is 951. The lowest BCUT2D eigenvalue weighted by Crippen LogP contribution is -2.22. The molecule has 0 aliphatic rings. The van der Waals surface area contributed by atoms with Gasteiger partial charge in [-0.05, 0) is 12.1 Å². The van der Waals surface area contributed by atoms with Crippen LogP contribution in [0.15, 0.2) is 34.0 Å². The van der Waals surface area contributed by atoms with E-state index in [4.69, 9.17) is 5.73 Å². The first-order valence-electron chi connectivity index (χ1n) is 5.92. The largest absolute Gasteiger partial charge is 0.396 e. The summed E-state index contributed by atoms with van der Waals surface area (Å²) in [6, 6.07) is 4.56. The van der Waals surface area contributed by atoms with Crippen molar-refractivity contribution < 1.29 is 4.79 Å². The predicted molar refractivity (Wildman–Crippen MR) is 76.1 cm³/mol. The summed E-state index contributed by atoms with van der Waals surface area (Å²) in [6.45, 7) is 0. The van der Waals surface area contributed by atoms with Gasteiger partial charge in [0.05, 0.1) is 28.3 Å². The minimum atomic E-state index is -0.558. The Labute approximate surface area is 116 Å². The van der Waals surface area contributed by atoms with Gasteiger partial charge in [0.1, 0.15) is 5.69 Å². The number of carbonyl (C=O) groups excluding carboxylic acids is 1. The van der Waals surface area contributed by atoms with Crippen LogP contribution in [-0.4, -0.2) is 26.3 Å². The second kappa shape index (κ2) is 4.63. The molecule has 6 N–H and O–H groups in total. The van der Waals surface area contributed by atoms with Gasteiger partial charge >= 0.3 is 0 Å². The minimum absolute atomic E-state index is 0.0771. The van der Waals surface area contributed by atoms with Crippen molar-refractivity contribution in [2.24, 2.45) is 0 Å². The summed E-state index contributed by atoms with van der Waals surface area (Å²) in [5.41, 5.74) is 5.08. The Morgan fingerprint density at radius 1 is 1.19 bits per heavy atom. The molecule has 9 heteroatoms. The summed E-state index contributed by atoms with van der Waals surface area (Å²) >= 11 is 0. The molecular formula is C12H10N6O3. The van der Waals surface area contributed by atoms with E-state index < -0.39 is 17.0 Å². The fourth-order valence-corrected chi connectivity index (χ4v) is 2.00. The van der Waals surface area contributed by atoms with Crippen molar-refractivity contribution in [2.45, 2.75) is 0 Å². The summed E-state index contributed by atoms with van der Waals surface area (Å²) in [4.78, 5) is 35.6. The number of nitrogens with zero attached hydrogens (tertiary/aromatic N) is 1. The summed E-state index contributed by atoms with van der Waals surface area (Å²) in [6.07, 6.45) is 1.30. The van der Waals surface area contributed by atoms with Crippen LogP contribution in [0.4, 0.5) is 11.4 Å². The van der Waals surface area contributed by atoms with Crippen molar-refractivity contribution in [1.29, 1.82) is 0 Å². The molecule has 9 nitrogen and oxygen atoms in total. The molecule has 0 radical (unpaired) electrons. The number of fused-ring (bicyclic) bond motifs is 1. The second-order valence-corrected chi connectivity index (χ2v) is 4.29. The topological polar surface area (TPSA) is 150 Å². The quantitative estimate of drug-likeness (QED) is 0.441. The molecule has 1 aromatic carbocycles. The summed E-state index contributed by atoms with van der Waals surface area (Å²) in [5, 5.41) is 13.3. The van der Waals surface area contributed by atoms with E-state index in [0.29, 0.717) is 0 Å². The molecule has 2 heterocycles. The molecule has 0 saturated heterocycles. The van der Waals surface area contributed by atoms with Gasteiger partial charge in [-0.2, -0.15) is 5.10 Å². The highest BCUT2D eigenvalue weighted by Crippen LogP contribution is 2.18. The highest BCUT2D eigenvalue weighted by atomic mass is 16.2. The molecule has 1 amide bonds. The molecule has 21 heavy (non-hydrogen) atoms. The highest BCUT2D eigenvalue weighted by Gasteiger charge is 2.15. The first-order chi connectivity index (χ1) is 10.1. The lowest BCUT2D eigenvalue weighted by Gasteiger charge is -2.07. The molecule has 0 saturated carbocycles. The number of aromatic nitrogens is 4. The molecule has 0 unspecified atom stereocenters. The fraction of sp³-hybridized carbons (Fsp3) is 0. The van der Waals surface area contributed by atoms with Crippen LogP contribution in [0.1, 0.15) is 10.5 Å². The zero-order valence-corrected chi connectivity index (χ0v) is 10.6. The van der Waals surface area contributed by atoms with E-state index in [1.54, 1.807) is 6.07 Å². The van der Waals surface area contributed by atoms with Crippen LogP contribution in [0.5, 0.6) is 0 Å². The number of amides is 1. The van der Waals surface area contributed by atoms with Crippen molar-refractivity contribution in [2.75, 3.05) is 11.1 Å². The molecule has 0 aliphatic heterocycles. The fourth-order valence-electron chi connectivity index (χ4n) is 2.00. The number of aromatic amines is 3. The van der Waals surface area contributed by atoms with E-state index in [1.807, 2.05) is 0 Å². The van der Waals surface area contributed by atoms with E-state index in [0.717, 1.165) is 0 Å². The molecule has 0 bridgehead atoms. The Kier molecular flexibility index (Phi) is 2.79. The van der Waals surface area contributed by atoms with Crippen molar-refractivity contribution >= 4 is 28.1 Å². The van der Waals surface area contributed by atoms with Crippen LogP contribution >= 0.6 is 0 Å². The maximum absolute atomic E-state index is 12.1. The number of nitrogens with one attached hydrogen (secondary N) is 4. The SMILES string of the molecule is Nc1cn[nH]c1C(=O)Nc1cccc2c(=O)[nH][nH]c(=O)c12. The first-order valence-corrected chi connectivity index (χ1v) is 5.92. The summed E-state index contributed by atoms with van der Waals surface area (Å²) < 4.78 is 0. The van der Waals surface area contributed by atoms with Crippen molar-refractivity contribution in [1.82, 2.24) is 20.4 Å². The van der Waals surface area contributed by atoms with Crippen molar-refractivity contribution in [3.05, 3.63) is 50.8 Å². The number of benzene rings is 1. The number of carbonyl (C=O) groups is 1. The second-order valence-electron chi connectivity index (χ2n) is 4.29. The number of hydrogen-bond acceptors (Lipinski definition) is 5. The molecule has 3 aromatic rings. The zero-order valence-electron chi connectivity index (χ0n) is 10.6. The number of nitrogen functional groups attached to an aromatic ring is 1. The Hall–Kier alpha value is -3.36. The average Bonchev–Trinajstić information content (AvgIpc) is 2.89. The van der Waals surface area contributed by atoms with Gasteiger partial charge < -0.3 is 11.1 Å². The van der Waals surface area contributed by atoms with Crippen LogP contribution in [0.3, 0.4) is 0 Å². The first kappa shape index (κ1) is 12.7. The van der Waals surface area contributed by atoms with E-state index in [1.165, 1.54) is 18.3 Å². The number of nitrogens with two attached hydrogens (primary N) is 1. The van der Waals surface area contributed by atoms with Gasteiger partial charge in [0.25, 0.3) is 17.0 Å². The lowest BCUT2D eigenvalue weighted by atomic mass is 10.1.